The molecule has 0 aliphatic heterocycles. The molecule has 13 heavy (non-hydrogen) atoms. The zero-order valence-electron chi connectivity index (χ0n) is 9.00. The fourth-order valence-electron chi connectivity index (χ4n) is 1.37. The van der Waals surface area contributed by atoms with Gasteiger partial charge in [-0.05, 0) is 25.2 Å². The fraction of sp³-hybridized carbons (Fsp3) is 0.727. The molecule has 0 fully saturated rings. The molecule has 0 saturated carbocycles. The van der Waals surface area contributed by atoms with Gasteiger partial charge in [0.05, 0.1) is 0 Å². The lowest BCUT2D eigenvalue weighted by Crippen LogP contribution is -2.03. The average Bonchev–Trinajstić information content (AvgIpc) is 2.03. The lowest BCUT2D eigenvalue weighted by Gasteiger charge is -2.12. The molecule has 0 radical (unpaired) electrons. The first-order chi connectivity index (χ1) is 5.97. The molecule has 0 bridgehead atoms. The van der Waals surface area contributed by atoms with Crippen molar-refractivity contribution in [3.8, 4) is 0 Å². The predicted molar refractivity (Wildman–Crippen MR) is 54.6 cm³/mol. The summed E-state index contributed by atoms with van der Waals surface area (Å²) >= 11 is 0. The lowest BCUT2D eigenvalue weighted by atomic mass is 9.94. The number of rotatable bonds is 5. The summed E-state index contributed by atoms with van der Waals surface area (Å²) in [4.78, 5) is 10.5. The molecule has 0 rings (SSSR count). The number of aliphatic carboxylic acids is 1. The Morgan fingerprint density at radius 1 is 1.46 bits per heavy atom. The van der Waals surface area contributed by atoms with E-state index in [-0.39, 0.29) is 0 Å². The Labute approximate surface area is 80.7 Å². The second-order valence-electron chi connectivity index (χ2n) is 3.88. The second kappa shape index (κ2) is 5.79. The Bertz CT molecular complexity index is 194. The smallest absolute Gasteiger partial charge is 0.330 e. The lowest BCUT2D eigenvalue weighted by molar-refractivity contribution is -0.132. The van der Waals surface area contributed by atoms with Crippen molar-refractivity contribution in [1.82, 2.24) is 0 Å². The van der Waals surface area contributed by atoms with Crippen molar-refractivity contribution in [2.45, 2.75) is 40.5 Å². The van der Waals surface area contributed by atoms with Crippen molar-refractivity contribution in [3.05, 3.63) is 11.6 Å². The largest absolute Gasteiger partial charge is 0.478 e. The maximum Gasteiger partial charge on any atom is 0.330 e. The summed E-state index contributed by atoms with van der Waals surface area (Å²) in [5.41, 5.74) is 0.454. The summed E-state index contributed by atoms with van der Waals surface area (Å²) in [7, 11) is 0. The third kappa shape index (κ3) is 5.45. The van der Waals surface area contributed by atoms with E-state index in [0.29, 0.717) is 17.4 Å². The van der Waals surface area contributed by atoms with E-state index in [1.165, 1.54) is 0 Å². The van der Waals surface area contributed by atoms with Crippen molar-refractivity contribution in [2.24, 2.45) is 11.8 Å². The molecule has 0 aromatic carbocycles. The van der Waals surface area contributed by atoms with Crippen LogP contribution in [0.5, 0.6) is 0 Å². The highest BCUT2D eigenvalue weighted by atomic mass is 16.4. The van der Waals surface area contributed by atoms with Gasteiger partial charge < -0.3 is 5.11 Å². The third-order valence-corrected chi connectivity index (χ3v) is 2.34. The minimum atomic E-state index is -0.809. The summed E-state index contributed by atoms with van der Waals surface area (Å²) in [5.74, 6) is 0.231. The molecule has 2 atom stereocenters. The van der Waals surface area contributed by atoms with Gasteiger partial charge in [0.1, 0.15) is 0 Å². The summed E-state index contributed by atoms with van der Waals surface area (Å²) in [5, 5.41) is 8.65. The molecule has 0 amide bonds. The predicted octanol–water partition coefficient (Wildman–Crippen LogP) is 3.09. The molecule has 0 aliphatic rings. The van der Waals surface area contributed by atoms with Crippen LogP contribution < -0.4 is 0 Å². The van der Waals surface area contributed by atoms with Gasteiger partial charge in [-0.3, -0.25) is 0 Å². The van der Waals surface area contributed by atoms with E-state index < -0.39 is 5.97 Å². The molecule has 0 aliphatic carbocycles. The maximum atomic E-state index is 10.5. The average molecular weight is 184 g/mol. The number of hydrogen-bond donors (Lipinski definition) is 1. The third-order valence-electron chi connectivity index (χ3n) is 2.34. The molecular formula is C11H20O2. The maximum absolute atomic E-state index is 10.5. The summed E-state index contributed by atoms with van der Waals surface area (Å²) in [6, 6.07) is 0. The zero-order chi connectivity index (χ0) is 10.4. The van der Waals surface area contributed by atoms with E-state index >= 15 is 0 Å². The first-order valence-electron chi connectivity index (χ1n) is 4.89. The Morgan fingerprint density at radius 3 is 2.38 bits per heavy atom. The van der Waals surface area contributed by atoms with E-state index in [1.54, 1.807) is 6.92 Å². The molecule has 0 spiro atoms. The van der Waals surface area contributed by atoms with Gasteiger partial charge in [0, 0.05) is 5.57 Å². The zero-order valence-corrected chi connectivity index (χ0v) is 9.00. The molecule has 2 heteroatoms. The van der Waals surface area contributed by atoms with Gasteiger partial charge >= 0.3 is 5.97 Å². The SMILES string of the molecule is CCC(C)CC(C)/C=C(\C)C(=O)O. The Balaban J connectivity index is 4.06. The molecule has 1 N–H and O–H groups in total. The molecule has 0 aromatic heterocycles. The fourth-order valence-corrected chi connectivity index (χ4v) is 1.37. The van der Waals surface area contributed by atoms with Crippen LogP contribution in [0, 0.1) is 11.8 Å². The monoisotopic (exact) mass is 184 g/mol. The number of allylic oxidation sites excluding steroid dienone is 1. The molecule has 0 heterocycles. The van der Waals surface area contributed by atoms with Crippen LogP contribution in [-0.4, -0.2) is 11.1 Å². The van der Waals surface area contributed by atoms with Crippen LogP contribution in [0.1, 0.15) is 40.5 Å². The van der Waals surface area contributed by atoms with Crippen LogP contribution in [0.25, 0.3) is 0 Å². The highest BCUT2D eigenvalue weighted by Gasteiger charge is 2.07. The molecular weight excluding hydrogens is 164 g/mol. The van der Waals surface area contributed by atoms with Crippen LogP contribution in [0.3, 0.4) is 0 Å². The van der Waals surface area contributed by atoms with E-state index in [0.717, 1.165) is 12.8 Å². The van der Waals surface area contributed by atoms with Crippen LogP contribution in [0.15, 0.2) is 11.6 Å². The minimum Gasteiger partial charge on any atom is -0.478 e. The second-order valence-corrected chi connectivity index (χ2v) is 3.88. The Hall–Kier alpha value is -0.790. The molecule has 2 nitrogen and oxygen atoms in total. The molecule has 76 valence electrons. The quantitative estimate of drug-likeness (QED) is 0.667. The van der Waals surface area contributed by atoms with Crippen LogP contribution in [0.4, 0.5) is 0 Å². The van der Waals surface area contributed by atoms with Crippen LogP contribution in [-0.2, 0) is 4.79 Å². The normalized spacial score (nSPS) is 16.8. The number of carboxylic acids is 1. The highest BCUT2D eigenvalue weighted by molar-refractivity contribution is 5.85. The van der Waals surface area contributed by atoms with Gasteiger partial charge in [-0.1, -0.05) is 33.3 Å². The number of hydrogen-bond acceptors (Lipinski definition) is 1. The van der Waals surface area contributed by atoms with Crippen molar-refractivity contribution in [1.29, 1.82) is 0 Å². The van der Waals surface area contributed by atoms with Crippen molar-refractivity contribution in [3.63, 3.8) is 0 Å². The minimum absolute atomic E-state index is 0.367. The summed E-state index contributed by atoms with van der Waals surface area (Å²) in [6.07, 6.45) is 4.07. The summed E-state index contributed by atoms with van der Waals surface area (Å²) in [6.45, 7) is 8.07. The van der Waals surface area contributed by atoms with Gasteiger partial charge in [-0.25, -0.2) is 4.79 Å². The molecule has 0 aromatic rings. The summed E-state index contributed by atoms with van der Waals surface area (Å²) < 4.78 is 0. The first-order valence-corrected chi connectivity index (χ1v) is 4.89. The van der Waals surface area contributed by atoms with Crippen molar-refractivity contribution >= 4 is 5.97 Å². The van der Waals surface area contributed by atoms with Gasteiger partial charge in [0.15, 0.2) is 0 Å². The van der Waals surface area contributed by atoms with Gasteiger partial charge in [0.25, 0.3) is 0 Å². The van der Waals surface area contributed by atoms with E-state index in [4.69, 9.17) is 5.11 Å². The van der Waals surface area contributed by atoms with Crippen molar-refractivity contribution in [2.75, 3.05) is 0 Å². The number of carboxylic acid groups (broad SMARTS) is 1. The molecule has 2 unspecified atom stereocenters. The van der Waals surface area contributed by atoms with E-state index in [2.05, 4.69) is 20.8 Å². The Morgan fingerprint density at radius 2 is 2.00 bits per heavy atom. The van der Waals surface area contributed by atoms with Gasteiger partial charge in [-0.2, -0.15) is 0 Å². The van der Waals surface area contributed by atoms with E-state index in [1.807, 2.05) is 6.08 Å². The van der Waals surface area contributed by atoms with Crippen LogP contribution in [0.2, 0.25) is 0 Å². The van der Waals surface area contributed by atoms with E-state index in [9.17, 15) is 4.79 Å². The topological polar surface area (TPSA) is 37.3 Å². The van der Waals surface area contributed by atoms with Crippen molar-refractivity contribution < 1.29 is 9.90 Å². The number of carbonyl (C=O) groups is 1. The Kier molecular flexibility index (Phi) is 5.44. The highest BCUT2D eigenvalue weighted by Crippen LogP contribution is 2.16. The first kappa shape index (κ1) is 12.2. The van der Waals surface area contributed by atoms with Gasteiger partial charge in [0.2, 0.25) is 0 Å². The standard InChI is InChI=1S/C11H20O2/c1-5-8(2)6-9(3)7-10(4)11(12)13/h7-9H,5-6H2,1-4H3,(H,12,13)/b10-7+. The molecule has 0 saturated heterocycles. The van der Waals surface area contributed by atoms with Crippen LogP contribution >= 0.6 is 0 Å². The van der Waals surface area contributed by atoms with Gasteiger partial charge in [-0.15, -0.1) is 0 Å².